The molecule has 2 nitrogen and oxygen atoms in total. The summed E-state index contributed by atoms with van der Waals surface area (Å²) in [4.78, 5) is 3.09. The molecule has 0 radical (unpaired) electrons. The van der Waals surface area contributed by atoms with E-state index in [1.807, 2.05) is 37.3 Å². The predicted molar refractivity (Wildman–Crippen MR) is 51.4 cm³/mol. The highest BCUT2D eigenvalue weighted by molar-refractivity contribution is 5.61. The first-order valence-electron chi connectivity index (χ1n) is 3.83. The maximum Gasteiger partial charge on any atom is 0.262 e. The number of hydrogen-bond donors (Lipinski definition) is 0. The average Bonchev–Trinajstić information content (AvgIpc) is 2.17. The zero-order valence-corrected chi connectivity index (χ0v) is 7.28. The Labute approximate surface area is 77.6 Å². The van der Waals surface area contributed by atoms with Crippen molar-refractivity contribution in [3.8, 4) is 6.07 Å². The first-order valence-corrected chi connectivity index (χ1v) is 3.83. The molecule has 0 aromatic heterocycles. The minimum absolute atomic E-state index is 0.120. The summed E-state index contributed by atoms with van der Waals surface area (Å²) in [6.07, 6.45) is 1.60. The monoisotopic (exact) mass is 168 g/mol. The summed E-state index contributed by atoms with van der Waals surface area (Å²) in [5, 5.41) is 8.55. The van der Waals surface area contributed by atoms with E-state index in [1.165, 1.54) is 0 Å². The Morgan fingerprint density at radius 3 is 2.77 bits per heavy atom. The van der Waals surface area contributed by atoms with Gasteiger partial charge in [-0.25, -0.2) is 10.1 Å². The van der Waals surface area contributed by atoms with Crippen LogP contribution in [0.15, 0.2) is 30.0 Å². The van der Waals surface area contributed by atoms with E-state index in [4.69, 9.17) is 11.8 Å². The summed E-state index contributed by atoms with van der Waals surface area (Å²) in [5.41, 5.74) is 2.11. The van der Waals surface area contributed by atoms with E-state index in [2.05, 4.69) is 4.85 Å². The van der Waals surface area contributed by atoms with Crippen LogP contribution in [0.2, 0.25) is 0 Å². The van der Waals surface area contributed by atoms with E-state index in [9.17, 15) is 0 Å². The molecule has 62 valence electrons. The van der Waals surface area contributed by atoms with Gasteiger partial charge in [0.05, 0.1) is 12.6 Å². The van der Waals surface area contributed by atoms with Crippen molar-refractivity contribution in [1.29, 1.82) is 5.26 Å². The molecule has 0 aliphatic heterocycles. The largest absolute Gasteiger partial charge is 0.262 e. The molecule has 13 heavy (non-hydrogen) atoms. The van der Waals surface area contributed by atoms with Crippen LogP contribution in [-0.2, 0) is 0 Å². The molecular weight excluding hydrogens is 160 g/mol. The van der Waals surface area contributed by atoms with E-state index in [1.54, 1.807) is 6.08 Å². The molecule has 0 spiro atoms. The van der Waals surface area contributed by atoms with Gasteiger partial charge in [0.1, 0.15) is 0 Å². The summed E-state index contributed by atoms with van der Waals surface area (Å²) in [7, 11) is 0. The molecule has 0 aliphatic rings. The standard InChI is InChI=1S/C11H8N2/c1-9-5-3-4-6-10(9)7-11(8-12)13-2/h3-7H,1H3. The molecule has 2 heteroatoms. The Morgan fingerprint density at radius 2 is 2.23 bits per heavy atom. The van der Waals surface area contributed by atoms with Crippen molar-refractivity contribution in [3.63, 3.8) is 0 Å². The van der Waals surface area contributed by atoms with Gasteiger partial charge in [-0.3, -0.25) is 0 Å². The summed E-state index contributed by atoms with van der Waals surface area (Å²) < 4.78 is 0. The molecular formula is C11H8N2. The minimum Gasteiger partial charge on any atom is -0.227 e. The van der Waals surface area contributed by atoms with Crippen LogP contribution < -0.4 is 0 Å². The second-order valence-electron chi connectivity index (χ2n) is 2.61. The van der Waals surface area contributed by atoms with Gasteiger partial charge in [0.2, 0.25) is 0 Å². The van der Waals surface area contributed by atoms with Crippen LogP contribution in [0.1, 0.15) is 11.1 Å². The second kappa shape index (κ2) is 4.09. The summed E-state index contributed by atoms with van der Waals surface area (Å²) in [5.74, 6) is 0. The molecule has 0 saturated carbocycles. The third-order valence-electron chi connectivity index (χ3n) is 1.72. The van der Waals surface area contributed by atoms with Gasteiger partial charge < -0.3 is 0 Å². The molecule has 0 N–H and O–H groups in total. The average molecular weight is 168 g/mol. The van der Waals surface area contributed by atoms with Crippen molar-refractivity contribution in [2.45, 2.75) is 6.92 Å². The fourth-order valence-corrected chi connectivity index (χ4v) is 0.986. The zero-order valence-electron chi connectivity index (χ0n) is 7.28. The SMILES string of the molecule is [C-]#[N+]C(C#N)=Cc1ccccc1C. The topological polar surface area (TPSA) is 28.1 Å². The third-order valence-corrected chi connectivity index (χ3v) is 1.72. The van der Waals surface area contributed by atoms with Crippen LogP contribution in [-0.4, -0.2) is 0 Å². The van der Waals surface area contributed by atoms with Crippen molar-refractivity contribution >= 4 is 6.08 Å². The maximum absolute atomic E-state index is 8.55. The lowest BCUT2D eigenvalue weighted by Crippen LogP contribution is -1.79. The molecule has 0 atom stereocenters. The number of allylic oxidation sites excluding steroid dienone is 1. The predicted octanol–water partition coefficient (Wildman–Crippen LogP) is 2.78. The number of benzene rings is 1. The van der Waals surface area contributed by atoms with Gasteiger partial charge in [-0.2, -0.15) is 0 Å². The molecule has 0 unspecified atom stereocenters. The van der Waals surface area contributed by atoms with Gasteiger partial charge in [-0.05, 0) is 24.1 Å². The normalized spacial score (nSPS) is 10.2. The van der Waals surface area contributed by atoms with Gasteiger partial charge in [-0.1, -0.05) is 24.3 Å². The molecule has 1 aromatic rings. The fraction of sp³-hybridized carbons (Fsp3) is 0.0909. The number of hydrogen-bond acceptors (Lipinski definition) is 1. The van der Waals surface area contributed by atoms with E-state index < -0.39 is 0 Å². The second-order valence-corrected chi connectivity index (χ2v) is 2.61. The first kappa shape index (κ1) is 9.03. The van der Waals surface area contributed by atoms with Crippen LogP contribution >= 0.6 is 0 Å². The first-order chi connectivity index (χ1) is 6.27. The molecule has 0 fully saturated rings. The molecule has 0 heterocycles. The van der Waals surface area contributed by atoms with Crippen molar-refractivity contribution < 1.29 is 0 Å². The van der Waals surface area contributed by atoms with E-state index in [-0.39, 0.29) is 5.70 Å². The lowest BCUT2D eigenvalue weighted by Gasteiger charge is -1.97. The summed E-state index contributed by atoms with van der Waals surface area (Å²) in [6, 6.07) is 9.48. The Hall–Kier alpha value is -2.06. The fourth-order valence-electron chi connectivity index (χ4n) is 0.986. The quantitative estimate of drug-likeness (QED) is 0.468. The molecule has 0 saturated heterocycles. The highest BCUT2D eigenvalue weighted by Gasteiger charge is 1.95. The van der Waals surface area contributed by atoms with E-state index >= 15 is 0 Å². The van der Waals surface area contributed by atoms with Crippen molar-refractivity contribution in [3.05, 3.63) is 52.5 Å². The molecule has 1 rings (SSSR count). The number of nitriles is 1. The van der Waals surface area contributed by atoms with E-state index in [0.717, 1.165) is 11.1 Å². The number of aryl methyl sites for hydroxylation is 1. The van der Waals surface area contributed by atoms with Gasteiger partial charge in [0.25, 0.3) is 5.70 Å². The Kier molecular flexibility index (Phi) is 2.84. The molecule has 0 bridgehead atoms. The van der Waals surface area contributed by atoms with Crippen molar-refractivity contribution in [2.24, 2.45) is 0 Å². The number of rotatable bonds is 1. The highest BCUT2D eigenvalue weighted by atomic mass is 14.7. The zero-order chi connectivity index (χ0) is 9.68. The molecule has 0 aliphatic carbocycles. The Morgan fingerprint density at radius 1 is 1.54 bits per heavy atom. The maximum atomic E-state index is 8.55. The van der Waals surface area contributed by atoms with Gasteiger partial charge in [0, 0.05) is 0 Å². The van der Waals surface area contributed by atoms with Gasteiger partial charge in [0.15, 0.2) is 0 Å². The molecule has 0 amide bonds. The Balaban J connectivity index is 3.14. The van der Waals surface area contributed by atoms with Gasteiger partial charge >= 0.3 is 0 Å². The molecule has 1 aromatic carbocycles. The van der Waals surface area contributed by atoms with Crippen LogP contribution in [0, 0.1) is 24.8 Å². The lowest BCUT2D eigenvalue weighted by molar-refractivity contribution is 1.43. The third kappa shape index (κ3) is 2.18. The van der Waals surface area contributed by atoms with Crippen LogP contribution in [0.4, 0.5) is 0 Å². The highest BCUT2D eigenvalue weighted by Crippen LogP contribution is 2.11. The number of nitrogens with zero attached hydrogens (tertiary/aromatic N) is 2. The summed E-state index contributed by atoms with van der Waals surface area (Å²) in [6.45, 7) is 8.66. The van der Waals surface area contributed by atoms with Crippen molar-refractivity contribution in [2.75, 3.05) is 0 Å². The smallest absolute Gasteiger partial charge is 0.227 e. The van der Waals surface area contributed by atoms with Crippen LogP contribution in [0.25, 0.3) is 10.9 Å². The van der Waals surface area contributed by atoms with Gasteiger partial charge in [-0.15, -0.1) is 0 Å². The lowest BCUT2D eigenvalue weighted by atomic mass is 10.1. The minimum atomic E-state index is 0.120. The van der Waals surface area contributed by atoms with Crippen LogP contribution in [0.3, 0.4) is 0 Å². The Bertz CT molecular complexity index is 400. The van der Waals surface area contributed by atoms with Crippen LogP contribution in [0.5, 0.6) is 0 Å². The van der Waals surface area contributed by atoms with E-state index in [0.29, 0.717) is 0 Å². The summed E-state index contributed by atoms with van der Waals surface area (Å²) >= 11 is 0. The van der Waals surface area contributed by atoms with Crippen molar-refractivity contribution in [1.82, 2.24) is 0 Å².